The van der Waals surface area contributed by atoms with Crippen LogP contribution in [0.3, 0.4) is 0 Å². The molecular formula is C9H9N3S2. The lowest BCUT2D eigenvalue weighted by atomic mass is 10.1. The van der Waals surface area contributed by atoms with E-state index >= 15 is 0 Å². The fourth-order valence-electron chi connectivity index (χ4n) is 1.78. The van der Waals surface area contributed by atoms with Gasteiger partial charge in [0, 0.05) is 0 Å². The monoisotopic (exact) mass is 223 g/mol. The van der Waals surface area contributed by atoms with Gasteiger partial charge in [0.05, 0.1) is 11.3 Å². The van der Waals surface area contributed by atoms with Crippen molar-refractivity contribution in [2.75, 3.05) is 6.26 Å². The van der Waals surface area contributed by atoms with Crippen LogP contribution in [-0.4, -0.2) is 26.3 Å². The summed E-state index contributed by atoms with van der Waals surface area (Å²) in [6, 6.07) is 0.414. The van der Waals surface area contributed by atoms with E-state index in [4.69, 9.17) is 0 Å². The first-order valence-corrected chi connectivity index (χ1v) is 6.51. The molecule has 3 nitrogen and oxygen atoms in total. The summed E-state index contributed by atoms with van der Waals surface area (Å²) in [7, 11) is 0. The topological polar surface area (TPSA) is 30.7 Å². The Labute approximate surface area is 90.7 Å². The van der Waals surface area contributed by atoms with Crippen LogP contribution in [-0.2, 0) is 0 Å². The van der Waals surface area contributed by atoms with Crippen molar-refractivity contribution in [3.05, 3.63) is 24.3 Å². The molecule has 14 heavy (non-hydrogen) atoms. The van der Waals surface area contributed by atoms with Crippen LogP contribution in [0.2, 0.25) is 0 Å². The quantitative estimate of drug-likeness (QED) is 0.682. The van der Waals surface area contributed by atoms with Gasteiger partial charge in [-0.2, -0.15) is 0 Å². The van der Waals surface area contributed by atoms with Crippen molar-refractivity contribution < 1.29 is 0 Å². The largest absolute Gasteiger partial charge is 0.289 e. The van der Waals surface area contributed by atoms with E-state index in [9.17, 15) is 0 Å². The molecule has 0 spiro atoms. The van der Waals surface area contributed by atoms with E-state index in [0.29, 0.717) is 11.3 Å². The smallest absolute Gasteiger partial charge is 0.193 e. The maximum absolute atomic E-state index is 4.18. The zero-order valence-electron chi connectivity index (χ0n) is 7.62. The lowest BCUT2D eigenvalue weighted by Gasteiger charge is -2.16. The summed E-state index contributed by atoms with van der Waals surface area (Å²) in [4.78, 5) is 0. The van der Waals surface area contributed by atoms with Crippen LogP contribution in [0.25, 0.3) is 0 Å². The molecule has 0 aromatic carbocycles. The Morgan fingerprint density at radius 2 is 2.21 bits per heavy atom. The highest BCUT2D eigenvalue weighted by Crippen LogP contribution is 2.43. The highest BCUT2D eigenvalue weighted by atomic mass is 32.2. The van der Waals surface area contributed by atoms with Gasteiger partial charge in [-0.3, -0.25) is 4.57 Å². The van der Waals surface area contributed by atoms with Gasteiger partial charge in [0.15, 0.2) is 10.3 Å². The van der Waals surface area contributed by atoms with Gasteiger partial charge in [0.25, 0.3) is 0 Å². The second kappa shape index (κ2) is 3.17. The van der Waals surface area contributed by atoms with Crippen LogP contribution in [0.5, 0.6) is 0 Å². The maximum atomic E-state index is 4.18. The van der Waals surface area contributed by atoms with Gasteiger partial charge < -0.3 is 0 Å². The molecule has 1 aromatic heterocycles. The second-order valence-corrected chi connectivity index (χ2v) is 5.10. The normalized spacial score (nSPS) is 27.8. The van der Waals surface area contributed by atoms with Crippen molar-refractivity contribution in [1.82, 2.24) is 14.8 Å². The molecule has 1 aromatic rings. The second-order valence-electron chi connectivity index (χ2n) is 3.18. The van der Waals surface area contributed by atoms with Crippen LogP contribution in [0.15, 0.2) is 34.6 Å². The third kappa shape index (κ3) is 1.09. The number of hydrogen-bond donors (Lipinski definition) is 0. The van der Waals surface area contributed by atoms with Crippen molar-refractivity contribution in [3.63, 3.8) is 0 Å². The Morgan fingerprint density at radius 3 is 3.07 bits per heavy atom. The lowest BCUT2D eigenvalue weighted by molar-refractivity contribution is 0.551. The average Bonchev–Trinajstić information content (AvgIpc) is 2.75. The van der Waals surface area contributed by atoms with Crippen LogP contribution in [0, 0.1) is 0 Å². The number of nitrogens with zero attached hydrogens (tertiary/aromatic N) is 3. The van der Waals surface area contributed by atoms with Gasteiger partial charge in [0.2, 0.25) is 0 Å². The number of fused-ring (bicyclic) bond motifs is 3. The molecule has 5 heteroatoms. The molecule has 2 heterocycles. The highest BCUT2D eigenvalue weighted by molar-refractivity contribution is 8.00. The van der Waals surface area contributed by atoms with Gasteiger partial charge >= 0.3 is 0 Å². The van der Waals surface area contributed by atoms with E-state index in [1.54, 1.807) is 23.5 Å². The van der Waals surface area contributed by atoms with Gasteiger partial charge in [-0.1, -0.05) is 47.8 Å². The van der Waals surface area contributed by atoms with Crippen LogP contribution < -0.4 is 0 Å². The standard InChI is InChI=1S/C9H9N3S2/c1-13-8-10-11-9-12(8)6-4-2-3-5-7(6)14-9/h2-7H,1H3. The molecule has 2 aliphatic rings. The summed E-state index contributed by atoms with van der Waals surface area (Å²) in [5.74, 6) is 0. The first-order chi connectivity index (χ1) is 6.90. The van der Waals surface area contributed by atoms with E-state index in [1.165, 1.54) is 0 Å². The van der Waals surface area contributed by atoms with Gasteiger partial charge in [0.1, 0.15) is 0 Å². The van der Waals surface area contributed by atoms with Crippen molar-refractivity contribution >= 4 is 23.5 Å². The third-order valence-corrected chi connectivity index (χ3v) is 4.25. The first-order valence-electron chi connectivity index (χ1n) is 4.40. The van der Waals surface area contributed by atoms with Gasteiger partial charge in [-0.15, -0.1) is 10.2 Å². The van der Waals surface area contributed by atoms with E-state index in [1.807, 2.05) is 6.26 Å². The summed E-state index contributed by atoms with van der Waals surface area (Å²) < 4.78 is 2.22. The molecule has 0 bridgehead atoms. The maximum Gasteiger partial charge on any atom is 0.193 e. The van der Waals surface area contributed by atoms with E-state index in [0.717, 1.165) is 10.3 Å². The van der Waals surface area contributed by atoms with Crippen LogP contribution in [0.1, 0.15) is 6.04 Å². The molecule has 0 fully saturated rings. The average molecular weight is 223 g/mol. The van der Waals surface area contributed by atoms with Crippen molar-refractivity contribution in [3.8, 4) is 0 Å². The zero-order valence-corrected chi connectivity index (χ0v) is 9.26. The van der Waals surface area contributed by atoms with Crippen molar-refractivity contribution in [2.24, 2.45) is 0 Å². The minimum atomic E-state index is 0.414. The Morgan fingerprint density at radius 1 is 1.36 bits per heavy atom. The van der Waals surface area contributed by atoms with E-state index in [2.05, 4.69) is 39.1 Å². The molecule has 0 amide bonds. The summed E-state index contributed by atoms with van der Waals surface area (Å²) >= 11 is 3.45. The summed E-state index contributed by atoms with van der Waals surface area (Å²) in [6.45, 7) is 0. The molecule has 1 aliphatic heterocycles. The van der Waals surface area contributed by atoms with E-state index < -0.39 is 0 Å². The molecule has 2 unspecified atom stereocenters. The molecule has 0 saturated carbocycles. The van der Waals surface area contributed by atoms with Crippen LogP contribution >= 0.6 is 23.5 Å². The molecular weight excluding hydrogens is 214 g/mol. The summed E-state index contributed by atoms with van der Waals surface area (Å²) in [5, 5.41) is 10.9. The fourth-order valence-corrected chi connectivity index (χ4v) is 3.54. The minimum Gasteiger partial charge on any atom is -0.289 e. The molecule has 0 radical (unpaired) electrons. The van der Waals surface area contributed by atoms with Gasteiger partial charge in [-0.05, 0) is 6.26 Å². The molecule has 3 rings (SSSR count). The number of allylic oxidation sites excluding steroid dienone is 3. The lowest BCUT2D eigenvalue weighted by Crippen LogP contribution is -2.13. The van der Waals surface area contributed by atoms with Gasteiger partial charge in [-0.25, -0.2) is 0 Å². The highest BCUT2D eigenvalue weighted by Gasteiger charge is 2.34. The number of rotatable bonds is 1. The van der Waals surface area contributed by atoms with Crippen molar-refractivity contribution in [2.45, 2.75) is 21.6 Å². The zero-order chi connectivity index (χ0) is 9.54. The summed E-state index contributed by atoms with van der Waals surface area (Å²) in [5.41, 5.74) is 0. The Hall–Kier alpha value is -0.680. The first kappa shape index (κ1) is 8.61. The molecule has 2 atom stereocenters. The Balaban J connectivity index is 2.09. The Kier molecular flexibility index (Phi) is 1.95. The molecule has 0 N–H and O–H groups in total. The van der Waals surface area contributed by atoms with Crippen LogP contribution in [0.4, 0.5) is 0 Å². The number of thioether (sulfide) groups is 2. The third-order valence-electron chi connectivity index (χ3n) is 2.41. The predicted molar refractivity (Wildman–Crippen MR) is 58.8 cm³/mol. The Bertz CT molecular complexity index is 422. The van der Waals surface area contributed by atoms with Crippen molar-refractivity contribution in [1.29, 1.82) is 0 Å². The fraction of sp³-hybridized carbons (Fsp3) is 0.333. The molecule has 0 saturated heterocycles. The predicted octanol–water partition coefficient (Wildman–Crippen LogP) is 2.14. The SMILES string of the molecule is CSc1nnc2n1C1C=CC=CC1S2. The number of aromatic nitrogens is 3. The molecule has 1 aliphatic carbocycles. The molecule has 72 valence electrons. The summed E-state index contributed by atoms with van der Waals surface area (Å²) in [6.07, 6.45) is 10.7. The van der Waals surface area contributed by atoms with E-state index in [-0.39, 0.29) is 0 Å². The number of hydrogen-bond acceptors (Lipinski definition) is 4. The minimum absolute atomic E-state index is 0.414.